The van der Waals surface area contributed by atoms with E-state index in [1.807, 2.05) is 12.1 Å². The van der Waals surface area contributed by atoms with E-state index in [2.05, 4.69) is 32.1 Å². The summed E-state index contributed by atoms with van der Waals surface area (Å²) >= 11 is 0. The Bertz CT molecular complexity index is 393. The Morgan fingerprint density at radius 1 is 0.952 bits per heavy atom. The van der Waals surface area contributed by atoms with Gasteiger partial charge in [-0.2, -0.15) is 0 Å². The smallest absolute Gasteiger partial charge is 0.122 e. The molecule has 0 bridgehead atoms. The molecule has 0 amide bonds. The number of allylic oxidation sites excluding steroid dienone is 1. The van der Waals surface area contributed by atoms with Gasteiger partial charge in [0.05, 0.1) is 13.7 Å². The average Bonchev–Trinajstić information content (AvgIpc) is 2.52. The first-order valence-electron chi connectivity index (χ1n) is 8.29. The molecular weight excluding hydrogens is 260 g/mol. The lowest BCUT2D eigenvalue weighted by Gasteiger charge is -2.09. The van der Waals surface area contributed by atoms with Crippen molar-refractivity contribution in [3.8, 4) is 5.75 Å². The standard InChI is InChI=1S/C19H30O2/c1-4-6-8-10-16-21-18-14-12-17(13-15-18)19(20-3)11-9-7-5-2/h11-15H,4-10,16H2,1-3H3/b19-11-. The zero-order valence-corrected chi connectivity index (χ0v) is 13.9. The number of hydrogen-bond acceptors (Lipinski definition) is 2. The molecule has 0 fully saturated rings. The molecule has 118 valence electrons. The van der Waals surface area contributed by atoms with Crippen molar-refractivity contribution < 1.29 is 9.47 Å². The molecule has 1 rings (SSSR count). The molecule has 0 N–H and O–H groups in total. The Morgan fingerprint density at radius 2 is 1.67 bits per heavy atom. The molecule has 0 spiro atoms. The Balaban J connectivity index is 2.46. The van der Waals surface area contributed by atoms with Crippen LogP contribution in [0.1, 0.15) is 64.4 Å². The van der Waals surface area contributed by atoms with Gasteiger partial charge in [-0.15, -0.1) is 0 Å². The highest BCUT2D eigenvalue weighted by atomic mass is 16.5. The van der Waals surface area contributed by atoms with Crippen LogP contribution in [0.5, 0.6) is 5.75 Å². The first-order valence-corrected chi connectivity index (χ1v) is 8.29. The van der Waals surface area contributed by atoms with Crippen molar-refractivity contribution >= 4 is 5.76 Å². The van der Waals surface area contributed by atoms with Gasteiger partial charge in [0, 0.05) is 5.56 Å². The van der Waals surface area contributed by atoms with Gasteiger partial charge in [0.2, 0.25) is 0 Å². The summed E-state index contributed by atoms with van der Waals surface area (Å²) in [7, 11) is 1.73. The van der Waals surface area contributed by atoms with Crippen LogP contribution in [0.4, 0.5) is 0 Å². The molecule has 0 aromatic heterocycles. The van der Waals surface area contributed by atoms with Crippen molar-refractivity contribution in [3.63, 3.8) is 0 Å². The van der Waals surface area contributed by atoms with Gasteiger partial charge in [0.25, 0.3) is 0 Å². The van der Waals surface area contributed by atoms with Gasteiger partial charge < -0.3 is 9.47 Å². The fourth-order valence-corrected chi connectivity index (χ4v) is 2.19. The van der Waals surface area contributed by atoms with Gasteiger partial charge in [0.15, 0.2) is 0 Å². The van der Waals surface area contributed by atoms with E-state index in [-0.39, 0.29) is 0 Å². The molecule has 0 atom stereocenters. The number of unbranched alkanes of at least 4 members (excludes halogenated alkanes) is 5. The Kier molecular flexibility index (Phi) is 9.43. The van der Waals surface area contributed by atoms with Crippen molar-refractivity contribution in [2.24, 2.45) is 0 Å². The maximum Gasteiger partial charge on any atom is 0.122 e. The van der Waals surface area contributed by atoms with Crippen LogP contribution in [-0.4, -0.2) is 13.7 Å². The molecule has 0 unspecified atom stereocenters. The number of ether oxygens (including phenoxy) is 2. The molecule has 0 radical (unpaired) electrons. The van der Waals surface area contributed by atoms with Crippen LogP contribution >= 0.6 is 0 Å². The van der Waals surface area contributed by atoms with Crippen LogP contribution in [0.2, 0.25) is 0 Å². The second kappa shape index (κ2) is 11.2. The molecule has 0 aliphatic rings. The van der Waals surface area contributed by atoms with E-state index in [4.69, 9.17) is 9.47 Å². The monoisotopic (exact) mass is 290 g/mol. The lowest BCUT2D eigenvalue weighted by molar-refractivity contribution is 0.305. The quantitative estimate of drug-likeness (QED) is 0.377. The summed E-state index contributed by atoms with van der Waals surface area (Å²) in [5, 5.41) is 0. The molecule has 2 nitrogen and oxygen atoms in total. The number of methoxy groups -OCH3 is 1. The van der Waals surface area contributed by atoms with Gasteiger partial charge in [-0.05, 0) is 49.6 Å². The lowest BCUT2D eigenvalue weighted by Crippen LogP contribution is -1.97. The van der Waals surface area contributed by atoms with Crippen LogP contribution in [0.25, 0.3) is 5.76 Å². The maximum atomic E-state index is 5.76. The van der Waals surface area contributed by atoms with Gasteiger partial charge >= 0.3 is 0 Å². The van der Waals surface area contributed by atoms with Gasteiger partial charge in [-0.25, -0.2) is 0 Å². The molecule has 1 aromatic rings. The largest absolute Gasteiger partial charge is 0.496 e. The molecule has 0 aliphatic heterocycles. The van der Waals surface area contributed by atoms with Crippen LogP contribution in [-0.2, 0) is 4.74 Å². The minimum atomic E-state index is 0.808. The molecule has 0 aliphatic carbocycles. The van der Waals surface area contributed by atoms with Crippen LogP contribution in [0.3, 0.4) is 0 Å². The molecular formula is C19H30O2. The molecule has 21 heavy (non-hydrogen) atoms. The highest BCUT2D eigenvalue weighted by molar-refractivity contribution is 5.60. The molecule has 1 aromatic carbocycles. The summed E-state index contributed by atoms with van der Waals surface area (Å²) in [5.41, 5.74) is 1.12. The third kappa shape index (κ3) is 7.22. The van der Waals surface area contributed by atoms with Crippen molar-refractivity contribution in [1.82, 2.24) is 0 Å². The number of benzene rings is 1. The number of rotatable bonds is 11. The van der Waals surface area contributed by atoms with Crippen molar-refractivity contribution in [2.75, 3.05) is 13.7 Å². The van der Waals surface area contributed by atoms with Crippen molar-refractivity contribution in [3.05, 3.63) is 35.9 Å². The Morgan fingerprint density at radius 3 is 2.29 bits per heavy atom. The van der Waals surface area contributed by atoms with Crippen LogP contribution < -0.4 is 4.74 Å². The second-order valence-corrected chi connectivity index (χ2v) is 5.35. The fraction of sp³-hybridized carbons (Fsp3) is 0.579. The normalized spacial score (nSPS) is 11.5. The van der Waals surface area contributed by atoms with Crippen LogP contribution in [0.15, 0.2) is 30.3 Å². The fourth-order valence-electron chi connectivity index (χ4n) is 2.19. The highest BCUT2D eigenvalue weighted by Crippen LogP contribution is 2.20. The molecule has 0 heterocycles. The Labute approximate surface area is 130 Å². The third-order valence-corrected chi connectivity index (χ3v) is 3.51. The molecule has 2 heteroatoms. The van der Waals surface area contributed by atoms with Gasteiger partial charge in [-0.3, -0.25) is 0 Å². The average molecular weight is 290 g/mol. The molecule has 0 saturated heterocycles. The second-order valence-electron chi connectivity index (χ2n) is 5.35. The van der Waals surface area contributed by atoms with E-state index in [0.29, 0.717) is 0 Å². The summed E-state index contributed by atoms with van der Waals surface area (Å²) in [6, 6.07) is 8.20. The van der Waals surface area contributed by atoms with E-state index in [1.54, 1.807) is 7.11 Å². The third-order valence-electron chi connectivity index (χ3n) is 3.51. The topological polar surface area (TPSA) is 18.5 Å². The zero-order chi connectivity index (χ0) is 15.3. The summed E-state index contributed by atoms with van der Waals surface area (Å²) in [5.74, 6) is 1.90. The SMILES string of the molecule is CCCC/C=C(\OC)c1ccc(OCCCCCC)cc1. The van der Waals surface area contributed by atoms with E-state index in [9.17, 15) is 0 Å². The minimum absolute atomic E-state index is 0.808. The summed E-state index contributed by atoms with van der Waals surface area (Å²) in [4.78, 5) is 0. The summed E-state index contributed by atoms with van der Waals surface area (Å²) in [6.45, 7) is 5.23. The molecule has 0 saturated carbocycles. The Hall–Kier alpha value is -1.44. The van der Waals surface area contributed by atoms with Crippen molar-refractivity contribution in [2.45, 2.75) is 58.8 Å². The lowest BCUT2D eigenvalue weighted by atomic mass is 10.1. The van der Waals surface area contributed by atoms with Gasteiger partial charge in [0.1, 0.15) is 11.5 Å². The summed E-state index contributed by atoms with van der Waals surface area (Å²) < 4.78 is 11.2. The maximum absolute atomic E-state index is 5.76. The van der Waals surface area contributed by atoms with Gasteiger partial charge in [-0.1, -0.05) is 39.5 Å². The van der Waals surface area contributed by atoms with E-state index in [0.717, 1.165) is 36.5 Å². The first-order chi connectivity index (χ1) is 10.3. The predicted octanol–water partition coefficient (Wildman–Crippen LogP) is 5.82. The number of hydrogen-bond donors (Lipinski definition) is 0. The minimum Gasteiger partial charge on any atom is -0.496 e. The van der Waals surface area contributed by atoms with E-state index < -0.39 is 0 Å². The van der Waals surface area contributed by atoms with Crippen molar-refractivity contribution in [1.29, 1.82) is 0 Å². The summed E-state index contributed by atoms with van der Waals surface area (Å²) in [6.07, 6.45) is 10.6. The van der Waals surface area contributed by atoms with Crippen LogP contribution in [0, 0.1) is 0 Å². The van der Waals surface area contributed by atoms with E-state index in [1.165, 1.54) is 32.1 Å². The van der Waals surface area contributed by atoms with E-state index >= 15 is 0 Å². The predicted molar refractivity (Wildman–Crippen MR) is 90.6 cm³/mol. The first kappa shape index (κ1) is 17.6. The highest BCUT2D eigenvalue weighted by Gasteiger charge is 2.02. The zero-order valence-electron chi connectivity index (χ0n) is 13.9.